The van der Waals surface area contributed by atoms with E-state index in [0.717, 1.165) is 80.5 Å². The Bertz CT molecular complexity index is 7160. The van der Waals surface area contributed by atoms with E-state index >= 15 is 0 Å². The Morgan fingerprint density at radius 2 is 0.533 bits per heavy atom. The van der Waals surface area contributed by atoms with E-state index in [1.165, 1.54) is 217 Å². The van der Waals surface area contributed by atoms with Crippen molar-refractivity contribution in [2.45, 2.75) is 75.0 Å². The van der Waals surface area contributed by atoms with Crippen molar-refractivity contribution in [2.75, 3.05) is 0 Å². The molecule has 4 aromatic heterocycles. The van der Waals surface area contributed by atoms with Crippen molar-refractivity contribution in [3.63, 3.8) is 0 Å². The van der Waals surface area contributed by atoms with Crippen LogP contribution in [0.4, 0.5) is 0 Å². The fraction of sp³-hybridized carbons (Fsp3) is 0.172. The maximum atomic E-state index is 6.28. The molecule has 30 rings (SSSR count). The second-order valence-corrected chi connectivity index (χ2v) is 38.1. The van der Waals surface area contributed by atoms with E-state index in [9.17, 15) is 0 Å². The van der Waals surface area contributed by atoms with Crippen molar-refractivity contribution in [1.29, 1.82) is 0 Å². The third kappa shape index (κ3) is 9.91. The summed E-state index contributed by atoms with van der Waals surface area (Å²) in [5.74, 6) is 6.92. The molecule has 16 aromatic carbocycles. The van der Waals surface area contributed by atoms with Crippen molar-refractivity contribution < 1.29 is 4.42 Å². The highest BCUT2D eigenvalue weighted by atomic mass is 32.1. The van der Waals surface area contributed by atoms with Gasteiger partial charge in [-0.1, -0.05) is 261 Å². The number of benzene rings is 16. The first kappa shape index (κ1) is 68.1. The Labute approximate surface area is 702 Å². The van der Waals surface area contributed by atoms with Crippen LogP contribution in [0.5, 0.6) is 0 Å². The van der Waals surface area contributed by atoms with Crippen molar-refractivity contribution in [2.24, 2.45) is 47.3 Å². The number of aromatic nitrogens is 2. The molecule has 572 valence electrons. The van der Waals surface area contributed by atoms with Crippen molar-refractivity contribution >= 4 is 97.1 Å². The third-order valence-corrected chi connectivity index (χ3v) is 32.4. The van der Waals surface area contributed by atoms with Gasteiger partial charge in [-0.2, -0.15) is 0 Å². The minimum atomic E-state index is 0.193. The first-order valence-corrected chi connectivity index (χ1v) is 45.0. The first-order valence-electron chi connectivity index (χ1n) is 44.2. The zero-order valence-electron chi connectivity index (χ0n) is 66.9. The van der Waals surface area contributed by atoms with E-state index < -0.39 is 0 Å². The highest BCUT2D eigenvalue weighted by Crippen LogP contribution is 2.72. The van der Waals surface area contributed by atoms with Crippen molar-refractivity contribution in [3.8, 4) is 100 Å². The molecule has 4 heteroatoms. The van der Waals surface area contributed by atoms with Crippen LogP contribution in [0.15, 0.2) is 356 Å². The topological polar surface area (TPSA) is 23.0 Å². The summed E-state index contributed by atoms with van der Waals surface area (Å²) in [5, 5.41) is 10.1. The number of nitrogens with zero attached hydrogens (tertiary/aromatic N) is 2. The molecule has 4 heterocycles. The van der Waals surface area contributed by atoms with Crippen LogP contribution in [-0.2, 0) is 10.8 Å². The summed E-state index contributed by atoms with van der Waals surface area (Å²) in [5.41, 5.74) is 37.0. The van der Waals surface area contributed by atoms with E-state index in [0.29, 0.717) is 0 Å². The van der Waals surface area contributed by atoms with Crippen molar-refractivity contribution in [3.05, 3.63) is 374 Å². The number of thiophene rings is 1. The van der Waals surface area contributed by atoms with E-state index in [2.05, 4.69) is 349 Å². The van der Waals surface area contributed by atoms with Gasteiger partial charge in [-0.15, -0.1) is 11.3 Å². The van der Waals surface area contributed by atoms with Crippen LogP contribution in [0, 0.1) is 47.3 Å². The second-order valence-electron chi connectivity index (χ2n) is 37.0. The molecule has 0 radical (unpaired) electrons. The summed E-state index contributed by atoms with van der Waals surface area (Å²) in [6, 6.07) is 133. The number of furan rings is 1. The largest absolute Gasteiger partial charge is 0.456 e. The van der Waals surface area contributed by atoms with Crippen LogP contribution in [0.1, 0.15) is 86.5 Å². The molecular weight excluding hydrogens is 1470 g/mol. The lowest BCUT2D eigenvalue weighted by molar-refractivity contribution is -0.0399. The van der Waals surface area contributed by atoms with E-state index in [1.807, 2.05) is 23.5 Å². The van der Waals surface area contributed by atoms with Gasteiger partial charge in [0.1, 0.15) is 11.2 Å². The number of hydrogen-bond acceptors (Lipinski definition) is 2. The highest BCUT2D eigenvalue weighted by molar-refractivity contribution is 7.25. The maximum Gasteiger partial charge on any atom is 0.136 e. The number of fused-ring (bicyclic) bond motifs is 18. The zero-order chi connectivity index (χ0) is 78.2. The molecule has 8 saturated carbocycles. The standard InChI is InChI=1S/C58H43NO.C58H43NS/c2*1-4-10-52-46(7-1)47-24-19-40(32-53(47)58(52)43-28-35-27-36(30-43)31-44(58)29-35)39-15-13-37(14-16-39)38-17-22-45(23-18-38)59-54-11-5-2-8-48(54)49-25-20-41(33-55(49)59)42-21-26-51-50-9-3-6-12-56(50)60-57(51)34-42/h2*1-26,32-36,43-44H,27-31H2. The molecule has 120 heavy (non-hydrogen) atoms. The normalized spacial score (nSPS) is 22.4. The number of rotatable bonds is 8. The van der Waals surface area contributed by atoms with Gasteiger partial charge in [-0.25, -0.2) is 0 Å². The molecule has 0 N–H and O–H groups in total. The molecule has 0 atom stereocenters. The van der Waals surface area contributed by atoms with Gasteiger partial charge in [0.05, 0.1) is 22.1 Å². The second kappa shape index (κ2) is 25.8. The fourth-order valence-electron chi connectivity index (χ4n) is 26.6. The van der Waals surface area contributed by atoms with Crippen LogP contribution in [0.3, 0.4) is 0 Å². The smallest absolute Gasteiger partial charge is 0.136 e. The molecule has 8 fully saturated rings. The Morgan fingerprint density at radius 1 is 0.217 bits per heavy atom. The average molecular weight is 1560 g/mol. The van der Waals surface area contributed by atoms with Gasteiger partial charge in [0.15, 0.2) is 0 Å². The lowest BCUT2D eigenvalue weighted by Gasteiger charge is -2.61. The van der Waals surface area contributed by atoms with Crippen LogP contribution in [0.25, 0.3) is 186 Å². The summed E-state index contributed by atoms with van der Waals surface area (Å²) in [7, 11) is 0. The summed E-state index contributed by atoms with van der Waals surface area (Å²) in [4.78, 5) is 0. The monoisotopic (exact) mass is 1550 g/mol. The van der Waals surface area contributed by atoms with Gasteiger partial charge in [-0.3, -0.25) is 0 Å². The number of hydrogen-bond donors (Lipinski definition) is 0. The molecule has 10 aliphatic carbocycles. The predicted molar refractivity (Wildman–Crippen MR) is 501 cm³/mol. The highest BCUT2D eigenvalue weighted by Gasteiger charge is 2.63. The Kier molecular flexibility index (Phi) is 14.7. The van der Waals surface area contributed by atoms with Gasteiger partial charge in [0.2, 0.25) is 0 Å². The summed E-state index contributed by atoms with van der Waals surface area (Å²) in [6.07, 6.45) is 14.3. The first-order chi connectivity index (χ1) is 59.3. The summed E-state index contributed by atoms with van der Waals surface area (Å²) >= 11 is 1.88. The molecule has 2 spiro atoms. The SMILES string of the molecule is c1ccc2c(c1)-c1ccc(-c3ccc(-c4ccc(-n5c6ccccc6c6ccc(-c7ccc8c(c7)oc7ccccc78)cc65)cc4)cc3)cc1C21C2CC3CC(C2)CC1C3.c1ccc2c(c1)-c1ccc(-c3ccc(-c4ccc(-n5c6ccccc6c6ccc(-c7ccc8c(c7)sc7ccccc78)cc65)cc4)cc3)cc1C21C2CC3CC(C2)CC1C3. The molecule has 3 nitrogen and oxygen atoms in total. The van der Waals surface area contributed by atoms with Crippen LogP contribution in [-0.4, -0.2) is 9.13 Å². The van der Waals surface area contributed by atoms with E-state index in [4.69, 9.17) is 4.42 Å². The van der Waals surface area contributed by atoms with Crippen LogP contribution in [0.2, 0.25) is 0 Å². The van der Waals surface area contributed by atoms with Crippen molar-refractivity contribution in [1.82, 2.24) is 9.13 Å². The van der Waals surface area contributed by atoms with Gasteiger partial charge in [0.25, 0.3) is 0 Å². The van der Waals surface area contributed by atoms with Gasteiger partial charge >= 0.3 is 0 Å². The molecule has 20 aromatic rings. The Balaban J connectivity index is 0.000000127. The third-order valence-electron chi connectivity index (χ3n) is 31.2. The van der Waals surface area contributed by atoms with Gasteiger partial charge < -0.3 is 13.6 Å². The average Bonchev–Trinajstić information content (AvgIpc) is 1.44. The van der Waals surface area contributed by atoms with E-state index in [1.54, 1.807) is 22.3 Å². The predicted octanol–water partition coefficient (Wildman–Crippen LogP) is 31.3. The minimum Gasteiger partial charge on any atom is -0.456 e. The molecule has 0 amide bonds. The minimum absolute atomic E-state index is 0.193. The molecular formula is C116H86N2OS. The molecule has 0 unspecified atom stereocenters. The molecule has 0 saturated heterocycles. The maximum absolute atomic E-state index is 6.28. The van der Waals surface area contributed by atoms with E-state index in [-0.39, 0.29) is 10.8 Å². The van der Waals surface area contributed by atoms with Gasteiger partial charge in [-0.05, 0) is 314 Å². The molecule has 10 aliphatic rings. The van der Waals surface area contributed by atoms with Crippen LogP contribution >= 0.6 is 11.3 Å². The zero-order valence-corrected chi connectivity index (χ0v) is 67.7. The summed E-state index contributed by atoms with van der Waals surface area (Å²) < 4.78 is 13.8. The fourth-order valence-corrected chi connectivity index (χ4v) is 27.8. The Morgan fingerprint density at radius 3 is 1.02 bits per heavy atom. The number of para-hydroxylation sites is 3. The van der Waals surface area contributed by atoms with Crippen LogP contribution < -0.4 is 0 Å². The molecule has 0 aliphatic heterocycles. The Hall–Kier alpha value is -12.9. The summed E-state index contributed by atoms with van der Waals surface area (Å²) in [6.45, 7) is 0. The molecule has 8 bridgehead atoms. The quantitative estimate of drug-likeness (QED) is 0.149. The lowest BCUT2D eigenvalue weighted by atomic mass is 9.43. The lowest BCUT2D eigenvalue weighted by Crippen LogP contribution is -2.55. The van der Waals surface area contributed by atoms with Gasteiger partial charge in [0, 0.05) is 74.7 Å².